The molecule has 4 heterocycles. The van der Waals surface area contributed by atoms with Gasteiger partial charge in [-0.2, -0.15) is 0 Å². The Morgan fingerprint density at radius 1 is 1.18 bits per heavy atom. The number of fused-ring (bicyclic) bond motifs is 1. The summed E-state index contributed by atoms with van der Waals surface area (Å²) >= 11 is 1.23. The number of esters is 1. The Hall–Kier alpha value is -3.83. The number of furan rings is 1. The summed E-state index contributed by atoms with van der Waals surface area (Å²) in [6.07, 6.45) is 1.71. The van der Waals surface area contributed by atoms with Crippen LogP contribution >= 0.6 is 11.3 Å². The summed E-state index contributed by atoms with van der Waals surface area (Å²) in [5, 5.41) is 0. The zero-order valence-electron chi connectivity index (χ0n) is 21.7. The average Bonchev–Trinajstić information content (AvgIpc) is 3.52. The molecule has 0 saturated carbocycles. The van der Waals surface area contributed by atoms with Gasteiger partial charge in [-0.3, -0.25) is 9.36 Å². The Kier molecular flexibility index (Phi) is 7.39. The lowest BCUT2D eigenvalue weighted by Gasteiger charge is -2.26. The van der Waals surface area contributed by atoms with Crippen molar-refractivity contribution >= 4 is 29.3 Å². The minimum Gasteiger partial charge on any atom is -0.497 e. The van der Waals surface area contributed by atoms with E-state index >= 15 is 0 Å². The molecule has 0 aliphatic carbocycles. The third kappa shape index (κ3) is 4.74. The third-order valence-electron chi connectivity index (χ3n) is 6.46. The lowest BCUT2D eigenvalue weighted by Crippen LogP contribution is -2.40. The second kappa shape index (κ2) is 10.9. The highest BCUT2D eigenvalue weighted by molar-refractivity contribution is 7.07. The van der Waals surface area contributed by atoms with E-state index in [9.17, 15) is 9.59 Å². The number of methoxy groups -OCH3 is 2. The molecule has 3 aromatic rings. The normalized spacial score (nSPS) is 17.7. The number of benzene rings is 1. The number of hydrogen-bond acceptors (Lipinski definition) is 10. The van der Waals surface area contributed by atoms with Gasteiger partial charge in [-0.1, -0.05) is 11.3 Å². The summed E-state index contributed by atoms with van der Waals surface area (Å²) in [5.74, 6) is 1.81. The minimum atomic E-state index is -0.797. The highest BCUT2D eigenvalue weighted by Crippen LogP contribution is 2.37. The fraction of sp³-hybridized carbons (Fsp3) is 0.370. The van der Waals surface area contributed by atoms with Gasteiger partial charge in [-0.05, 0) is 32.0 Å². The molecule has 0 amide bonds. The molecule has 11 heteroatoms. The van der Waals surface area contributed by atoms with Crippen LogP contribution in [0.2, 0.25) is 0 Å². The molecule has 0 bridgehead atoms. The second-order valence-corrected chi connectivity index (χ2v) is 9.69. The maximum Gasteiger partial charge on any atom is 0.338 e. The molecule has 1 fully saturated rings. The van der Waals surface area contributed by atoms with Crippen molar-refractivity contribution in [2.75, 3.05) is 52.0 Å². The van der Waals surface area contributed by atoms with Gasteiger partial charge in [0.1, 0.15) is 23.3 Å². The fourth-order valence-corrected chi connectivity index (χ4v) is 5.66. The van der Waals surface area contributed by atoms with Gasteiger partial charge in [0.2, 0.25) is 0 Å². The molecule has 1 aromatic carbocycles. The van der Waals surface area contributed by atoms with E-state index < -0.39 is 12.0 Å². The van der Waals surface area contributed by atoms with Crippen LogP contribution in [-0.2, 0) is 14.3 Å². The van der Waals surface area contributed by atoms with Gasteiger partial charge in [-0.15, -0.1) is 0 Å². The van der Waals surface area contributed by atoms with E-state index in [0.29, 0.717) is 51.1 Å². The predicted octanol–water partition coefficient (Wildman–Crippen LogP) is 2.25. The van der Waals surface area contributed by atoms with E-state index in [2.05, 4.69) is 9.89 Å². The van der Waals surface area contributed by atoms with Crippen LogP contribution in [0.25, 0.3) is 6.08 Å². The molecule has 0 spiro atoms. The smallest absolute Gasteiger partial charge is 0.338 e. The van der Waals surface area contributed by atoms with Crippen LogP contribution in [0.1, 0.15) is 31.2 Å². The highest BCUT2D eigenvalue weighted by Gasteiger charge is 2.35. The molecular weight excluding hydrogens is 510 g/mol. The Morgan fingerprint density at radius 2 is 1.97 bits per heavy atom. The topological polar surface area (TPSA) is 105 Å². The standard InChI is InChI=1S/C27H29N3O7S/c1-5-36-26(32)23-16(2)28-27-30(24(23)19-8-6-17(33-3)14-20(19)34-4)25(31)21(38-27)15-18-7-9-22(37-18)29-10-12-35-13-11-29/h6-9,14-15,24H,5,10-13H2,1-4H3/t24-/m1/s1. The van der Waals surface area contributed by atoms with Crippen molar-refractivity contribution in [3.63, 3.8) is 0 Å². The van der Waals surface area contributed by atoms with Gasteiger partial charge < -0.3 is 28.3 Å². The maximum absolute atomic E-state index is 13.8. The number of aromatic nitrogens is 1. The van der Waals surface area contributed by atoms with Crippen molar-refractivity contribution in [2.45, 2.75) is 19.9 Å². The Balaban J connectivity index is 1.64. The van der Waals surface area contributed by atoms with Crippen LogP contribution in [0.4, 0.5) is 5.88 Å². The van der Waals surface area contributed by atoms with Crippen molar-refractivity contribution in [2.24, 2.45) is 4.99 Å². The number of hydrogen-bond donors (Lipinski definition) is 0. The first kappa shape index (κ1) is 25.8. The first-order valence-corrected chi connectivity index (χ1v) is 13.1. The molecule has 1 saturated heterocycles. The largest absolute Gasteiger partial charge is 0.497 e. The zero-order chi connectivity index (χ0) is 26.8. The molecule has 2 aromatic heterocycles. The number of allylic oxidation sites excluding steroid dienone is 1. The van der Waals surface area contributed by atoms with Crippen molar-refractivity contribution in [1.82, 2.24) is 4.57 Å². The van der Waals surface area contributed by atoms with Gasteiger partial charge in [-0.25, -0.2) is 9.79 Å². The van der Waals surface area contributed by atoms with Crippen molar-refractivity contribution in [3.8, 4) is 11.5 Å². The molecule has 1 atom stereocenters. The SMILES string of the molecule is CCOC(=O)C1=C(C)N=c2sc(=Cc3ccc(N4CCOCC4)o3)c(=O)n2[C@@H]1c1ccc(OC)cc1OC. The Labute approximate surface area is 223 Å². The Morgan fingerprint density at radius 3 is 2.68 bits per heavy atom. The molecule has 5 rings (SSSR count). The van der Waals surface area contributed by atoms with Crippen LogP contribution in [0.15, 0.2) is 55.8 Å². The van der Waals surface area contributed by atoms with Gasteiger partial charge in [0, 0.05) is 36.9 Å². The maximum atomic E-state index is 13.8. The summed E-state index contributed by atoms with van der Waals surface area (Å²) < 4.78 is 29.8. The number of carbonyl (C=O) groups excluding carboxylic acids is 1. The second-order valence-electron chi connectivity index (χ2n) is 8.69. The zero-order valence-corrected chi connectivity index (χ0v) is 22.5. The Bertz CT molecular complexity index is 1560. The van der Waals surface area contributed by atoms with E-state index in [1.807, 2.05) is 12.1 Å². The molecule has 2 aliphatic heterocycles. The molecule has 0 N–H and O–H groups in total. The molecule has 200 valence electrons. The summed E-state index contributed by atoms with van der Waals surface area (Å²) in [6.45, 7) is 6.45. The number of thiazole rings is 1. The summed E-state index contributed by atoms with van der Waals surface area (Å²) in [7, 11) is 3.09. The molecule has 2 aliphatic rings. The van der Waals surface area contributed by atoms with Crippen LogP contribution in [0.5, 0.6) is 11.5 Å². The lowest BCUT2D eigenvalue weighted by atomic mass is 9.95. The molecular formula is C27H29N3O7S. The van der Waals surface area contributed by atoms with E-state index in [-0.39, 0.29) is 17.7 Å². The summed E-state index contributed by atoms with van der Waals surface area (Å²) in [5.41, 5.74) is 1.08. The van der Waals surface area contributed by atoms with Crippen molar-refractivity contribution in [1.29, 1.82) is 0 Å². The predicted molar refractivity (Wildman–Crippen MR) is 142 cm³/mol. The molecule has 0 radical (unpaired) electrons. The van der Waals surface area contributed by atoms with Gasteiger partial charge in [0.25, 0.3) is 5.56 Å². The number of rotatable bonds is 7. The fourth-order valence-electron chi connectivity index (χ4n) is 4.63. The molecule has 38 heavy (non-hydrogen) atoms. The van der Waals surface area contributed by atoms with Crippen LogP contribution < -0.4 is 29.3 Å². The van der Waals surface area contributed by atoms with E-state index in [4.69, 9.17) is 23.4 Å². The minimum absolute atomic E-state index is 0.191. The van der Waals surface area contributed by atoms with Crippen molar-refractivity contribution < 1.29 is 28.2 Å². The molecule has 0 unspecified atom stereocenters. The quantitative estimate of drug-likeness (QED) is 0.421. The monoisotopic (exact) mass is 539 g/mol. The lowest BCUT2D eigenvalue weighted by molar-refractivity contribution is -0.139. The number of morpholine rings is 1. The number of ether oxygens (including phenoxy) is 4. The van der Waals surface area contributed by atoms with E-state index in [0.717, 1.165) is 19.0 Å². The average molecular weight is 540 g/mol. The van der Waals surface area contributed by atoms with Gasteiger partial charge in [0.05, 0.1) is 49.8 Å². The van der Waals surface area contributed by atoms with Crippen LogP contribution in [0, 0.1) is 0 Å². The first-order chi connectivity index (χ1) is 18.4. The molecule has 10 nitrogen and oxygen atoms in total. The van der Waals surface area contributed by atoms with Crippen LogP contribution in [-0.4, -0.2) is 57.7 Å². The third-order valence-corrected chi connectivity index (χ3v) is 7.44. The summed E-state index contributed by atoms with van der Waals surface area (Å²) in [6, 6.07) is 8.21. The van der Waals surface area contributed by atoms with Gasteiger partial charge in [0.15, 0.2) is 10.7 Å². The number of nitrogens with zero attached hydrogens (tertiary/aromatic N) is 3. The van der Waals surface area contributed by atoms with E-state index in [1.54, 1.807) is 45.2 Å². The highest BCUT2D eigenvalue weighted by atomic mass is 32.1. The number of carbonyl (C=O) groups is 1. The first-order valence-electron chi connectivity index (χ1n) is 12.3. The van der Waals surface area contributed by atoms with Gasteiger partial charge >= 0.3 is 5.97 Å². The van der Waals surface area contributed by atoms with Crippen molar-refractivity contribution in [3.05, 3.63) is 72.6 Å². The van der Waals surface area contributed by atoms with Crippen LogP contribution in [0.3, 0.4) is 0 Å². The number of anilines is 1. The van der Waals surface area contributed by atoms with E-state index in [1.165, 1.54) is 23.0 Å². The summed E-state index contributed by atoms with van der Waals surface area (Å²) in [4.78, 5) is 34.2.